The maximum atomic E-state index is 11.1. The van der Waals surface area contributed by atoms with Gasteiger partial charge < -0.3 is 10.1 Å². The van der Waals surface area contributed by atoms with E-state index in [4.69, 9.17) is 4.74 Å². The summed E-state index contributed by atoms with van der Waals surface area (Å²) in [6.45, 7) is 7.09. The average molecular weight is 254 g/mol. The molecule has 1 N–H and O–H groups in total. The molecule has 0 spiro atoms. The van der Waals surface area contributed by atoms with E-state index in [1.54, 1.807) is 11.6 Å². The lowest BCUT2D eigenvalue weighted by Gasteiger charge is -2.15. The number of hydrogen-bond acceptors (Lipinski definition) is 5. The van der Waals surface area contributed by atoms with E-state index in [1.807, 2.05) is 13.8 Å². The van der Waals surface area contributed by atoms with Crippen molar-refractivity contribution in [1.29, 1.82) is 0 Å². The number of aromatic nitrogens is 2. The molecule has 7 nitrogen and oxygen atoms in total. The van der Waals surface area contributed by atoms with Gasteiger partial charge >= 0.3 is 5.69 Å². The molecule has 0 aliphatic carbocycles. The zero-order chi connectivity index (χ0) is 13.3. The predicted molar refractivity (Wildman–Crippen MR) is 65.9 cm³/mol. The summed E-state index contributed by atoms with van der Waals surface area (Å²) in [7, 11) is 0. The van der Waals surface area contributed by atoms with Crippen LogP contribution in [0, 0.1) is 17.0 Å². The van der Waals surface area contributed by atoms with Crippen molar-refractivity contribution in [3.63, 3.8) is 0 Å². The zero-order valence-electron chi connectivity index (χ0n) is 10.8. The van der Waals surface area contributed by atoms with Crippen LogP contribution in [0.1, 0.15) is 32.0 Å². The minimum absolute atomic E-state index is 0.0164. The van der Waals surface area contributed by atoms with E-state index in [-0.39, 0.29) is 23.7 Å². The third kappa shape index (κ3) is 2.31. The Morgan fingerprint density at radius 1 is 1.61 bits per heavy atom. The topological polar surface area (TPSA) is 82.2 Å². The van der Waals surface area contributed by atoms with Gasteiger partial charge in [-0.15, -0.1) is 0 Å². The van der Waals surface area contributed by atoms with Crippen molar-refractivity contribution in [2.24, 2.45) is 0 Å². The van der Waals surface area contributed by atoms with Gasteiger partial charge in [-0.2, -0.15) is 5.10 Å². The third-order valence-corrected chi connectivity index (χ3v) is 2.98. The summed E-state index contributed by atoms with van der Waals surface area (Å²) in [5.41, 5.74) is 0.380. The minimum Gasteiger partial charge on any atom is -0.468 e. The number of hydrogen-bond donors (Lipinski definition) is 1. The van der Waals surface area contributed by atoms with Gasteiger partial charge in [0.1, 0.15) is 11.8 Å². The Hall–Kier alpha value is -1.63. The number of ether oxygens (including phenoxy) is 1. The molecule has 0 radical (unpaired) electrons. The van der Waals surface area contributed by atoms with Gasteiger partial charge in [0.25, 0.3) is 5.88 Å². The van der Waals surface area contributed by atoms with Crippen molar-refractivity contribution in [2.75, 3.05) is 13.1 Å². The van der Waals surface area contributed by atoms with Crippen LogP contribution in [-0.4, -0.2) is 33.9 Å². The molecule has 1 unspecified atom stereocenters. The fourth-order valence-electron chi connectivity index (χ4n) is 2.07. The van der Waals surface area contributed by atoms with E-state index in [2.05, 4.69) is 10.4 Å². The highest BCUT2D eigenvalue weighted by atomic mass is 16.6. The van der Waals surface area contributed by atoms with E-state index in [0.717, 1.165) is 19.5 Å². The van der Waals surface area contributed by atoms with Gasteiger partial charge in [-0.3, -0.25) is 10.1 Å². The average Bonchev–Trinajstić information content (AvgIpc) is 2.86. The first-order chi connectivity index (χ1) is 8.50. The van der Waals surface area contributed by atoms with Crippen molar-refractivity contribution in [2.45, 2.75) is 39.3 Å². The highest BCUT2D eigenvalue weighted by Gasteiger charge is 2.30. The van der Waals surface area contributed by atoms with Gasteiger partial charge in [-0.1, -0.05) is 0 Å². The Morgan fingerprint density at radius 3 is 2.83 bits per heavy atom. The number of nitro groups is 1. The molecule has 1 saturated heterocycles. The monoisotopic (exact) mass is 254 g/mol. The lowest BCUT2D eigenvalue weighted by atomic mass is 10.3. The van der Waals surface area contributed by atoms with E-state index in [0.29, 0.717) is 5.69 Å². The molecule has 0 aromatic carbocycles. The van der Waals surface area contributed by atoms with Gasteiger partial charge in [0.15, 0.2) is 0 Å². The predicted octanol–water partition coefficient (Wildman–Crippen LogP) is 1.42. The second-order valence-corrected chi connectivity index (χ2v) is 4.77. The van der Waals surface area contributed by atoms with Crippen LogP contribution < -0.4 is 10.1 Å². The van der Waals surface area contributed by atoms with Crippen LogP contribution in [0.15, 0.2) is 0 Å². The number of rotatable bonds is 4. The lowest BCUT2D eigenvalue weighted by molar-refractivity contribution is -0.386. The maximum Gasteiger partial charge on any atom is 0.353 e. The van der Waals surface area contributed by atoms with Gasteiger partial charge in [-0.25, -0.2) is 4.68 Å². The highest BCUT2D eigenvalue weighted by molar-refractivity contribution is 5.46. The molecular weight excluding hydrogens is 236 g/mol. The molecule has 0 bridgehead atoms. The summed E-state index contributed by atoms with van der Waals surface area (Å²) in [5, 5.41) is 18.5. The molecule has 100 valence electrons. The van der Waals surface area contributed by atoms with E-state index < -0.39 is 4.92 Å². The van der Waals surface area contributed by atoms with Crippen molar-refractivity contribution in [3.8, 4) is 5.88 Å². The van der Waals surface area contributed by atoms with Crippen molar-refractivity contribution in [1.82, 2.24) is 15.1 Å². The molecule has 1 aromatic heterocycles. The molecule has 1 aliphatic rings. The van der Waals surface area contributed by atoms with Crippen LogP contribution in [0.25, 0.3) is 0 Å². The Balaban J connectivity index is 2.36. The summed E-state index contributed by atoms with van der Waals surface area (Å²) in [6, 6.07) is 0.0294. The largest absolute Gasteiger partial charge is 0.468 e. The summed E-state index contributed by atoms with van der Waals surface area (Å²) in [6.07, 6.45) is 0.844. The quantitative estimate of drug-likeness (QED) is 0.649. The first-order valence-corrected chi connectivity index (χ1v) is 6.11. The second kappa shape index (κ2) is 4.93. The summed E-state index contributed by atoms with van der Waals surface area (Å²) >= 11 is 0. The molecule has 18 heavy (non-hydrogen) atoms. The first-order valence-electron chi connectivity index (χ1n) is 6.11. The molecule has 2 rings (SSSR count). The van der Waals surface area contributed by atoms with Gasteiger partial charge in [-0.05, 0) is 33.7 Å². The summed E-state index contributed by atoms with van der Waals surface area (Å²) in [4.78, 5) is 10.7. The molecule has 7 heteroatoms. The second-order valence-electron chi connectivity index (χ2n) is 4.77. The lowest BCUT2D eigenvalue weighted by Crippen LogP contribution is -2.22. The fourth-order valence-corrected chi connectivity index (χ4v) is 2.07. The van der Waals surface area contributed by atoms with E-state index in [9.17, 15) is 10.1 Å². The number of nitrogens with zero attached hydrogens (tertiary/aromatic N) is 3. The minimum atomic E-state index is -0.418. The molecule has 1 aliphatic heterocycles. The van der Waals surface area contributed by atoms with E-state index in [1.165, 1.54) is 0 Å². The van der Waals surface area contributed by atoms with Gasteiger partial charge in [0, 0.05) is 6.54 Å². The first kappa shape index (κ1) is 12.8. The maximum absolute atomic E-state index is 11.1. The SMILES string of the molecule is Cc1nn(C(C)C)c(OC2CCNC2)c1[N+](=O)[O-]. The normalized spacial score (nSPS) is 19.4. The zero-order valence-corrected chi connectivity index (χ0v) is 10.8. The highest BCUT2D eigenvalue weighted by Crippen LogP contribution is 2.33. The Kier molecular flexibility index (Phi) is 3.51. The van der Waals surface area contributed by atoms with Crippen molar-refractivity contribution in [3.05, 3.63) is 15.8 Å². The van der Waals surface area contributed by atoms with Crippen LogP contribution in [-0.2, 0) is 0 Å². The van der Waals surface area contributed by atoms with Crippen LogP contribution in [0.5, 0.6) is 5.88 Å². The molecule has 1 aromatic rings. The molecule has 1 fully saturated rings. The Bertz CT molecular complexity index is 449. The van der Waals surface area contributed by atoms with Gasteiger partial charge in [0.2, 0.25) is 0 Å². The van der Waals surface area contributed by atoms with Crippen LogP contribution in [0.4, 0.5) is 5.69 Å². The fraction of sp³-hybridized carbons (Fsp3) is 0.727. The van der Waals surface area contributed by atoms with Crippen LogP contribution in [0.2, 0.25) is 0 Å². The van der Waals surface area contributed by atoms with Crippen molar-refractivity contribution >= 4 is 5.69 Å². The summed E-state index contributed by atoms with van der Waals surface area (Å²) in [5.74, 6) is 0.279. The number of aryl methyl sites for hydroxylation is 1. The standard InChI is InChI=1S/C11H18N4O3/c1-7(2)14-11(18-9-4-5-12-6-9)10(15(16)17)8(3)13-14/h7,9,12H,4-6H2,1-3H3. The van der Waals surface area contributed by atoms with Gasteiger partial charge in [0.05, 0.1) is 11.0 Å². The molecule has 0 saturated carbocycles. The molecular formula is C11H18N4O3. The smallest absolute Gasteiger partial charge is 0.353 e. The molecule has 2 heterocycles. The molecule has 1 atom stereocenters. The third-order valence-electron chi connectivity index (χ3n) is 2.98. The Morgan fingerprint density at radius 2 is 2.33 bits per heavy atom. The van der Waals surface area contributed by atoms with Crippen LogP contribution in [0.3, 0.4) is 0 Å². The number of nitrogens with one attached hydrogen (secondary N) is 1. The van der Waals surface area contributed by atoms with E-state index >= 15 is 0 Å². The molecule has 0 amide bonds. The Labute approximate surface area is 105 Å². The van der Waals surface area contributed by atoms with Crippen molar-refractivity contribution < 1.29 is 9.66 Å². The van der Waals surface area contributed by atoms with Crippen LogP contribution >= 0.6 is 0 Å². The summed E-state index contributed by atoms with van der Waals surface area (Å²) < 4.78 is 7.37.